The molecule has 2 saturated heterocycles. The molecule has 0 spiro atoms. The van der Waals surface area contributed by atoms with Gasteiger partial charge in [-0.2, -0.15) is 10.4 Å². The molecule has 46 heavy (non-hydrogen) atoms. The zero-order valence-corrected chi connectivity index (χ0v) is 26.0. The molecule has 2 fully saturated rings. The van der Waals surface area contributed by atoms with Crippen molar-refractivity contribution >= 4 is 22.8 Å². The number of anilines is 1. The Morgan fingerprint density at radius 1 is 1.15 bits per heavy atom. The molecular weight excluding hydrogens is 587 g/mol. The van der Waals surface area contributed by atoms with E-state index in [9.17, 15) is 10.1 Å². The lowest BCUT2D eigenvalue weighted by molar-refractivity contribution is -0.128. The summed E-state index contributed by atoms with van der Waals surface area (Å²) >= 11 is 0. The van der Waals surface area contributed by atoms with Crippen LogP contribution in [0, 0.1) is 22.6 Å². The molecule has 4 aromatic rings. The first-order valence-corrected chi connectivity index (χ1v) is 15.5. The Labute approximate surface area is 267 Å². The Bertz CT molecular complexity index is 1790. The van der Waals surface area contributed by atoms with E-state index in [0.717, 1.165) is 19.6 Å². The number of morpholine rings is 1. The number of fused-ring (bicyclic) bond motifs is 1. The summed E-state index contributed by atoms with van der Waals surface area (Å²) in [6.07, 6.45) is 4.55. The van der Waals surface area contributed by atoms with Crippen molar-refractivity contribution in [3.05, 3.63) is 72.3 Å². The molecule has 12 heteroatoms. The second-order valence-corrected chi connectivity index (χ2v) is 12.4. The van der Waals surface area contributed by atoms with Crippen molar-refractivity contribution < 1.29 is 18.7 Å². The van der Waals surface area contributed by atoms with E-state index < -0.39 is 5.82 Å². The highest BCUT2D eigenvalue weighted by atomic mass is 19.1. The van der Waals surface area contributed by atoms with Crippen LogP contribution in [0.3, 0.4) is 0 Å². The monoisotopic (exact) mass is 624 g/mol. The van der Waals surface area contributed by atoms with Gasteiger partial charge < -0.3 is 20.1 Å². The topological polar surface area (TPSA) is 135 Å². The van der Waals surface area contributed by atoms with Crippen molar-refractivity contribution in [2.24, 2.45) is 5.41 Å². The SMILES string of the molecule is CC(C)(C=C(C#N)C(=O)N1CCC[C@H](n2nc(-c3ccc(Oc4ccccc4)cc3F)c3c(N)ncnc32)C1)CN1CCOCC1. The van der Waals surface area contributed by atoms with Gasteiger partial charge in [0.15, 0.2) is 5.65 Å². The number of hydrogen-bond acceptors (Lipinski definition) is 9. The Morgan fingerprint density at radius 2 is 1.93 bits per heavy atom. The number of nitriles is 1. The predicted octanol–water partition coefficient (Wildman–Crippen LogP) is 4.98. The lowest BCUT2D eigenvalue weighted by atomic mass is 9.89. The average Bonchev–Trinajstić information content (AvgIpc) is 3.45. The van der Waals surface area contributed by atoms with Gasteiger partial charge in [0.1, 0.15) is 46.8 Å². The molecule has 238 valence electrons. The zero-order valence-electron chi connectivity index (χ0n) is 26.0. The van der Waals surface area contributed by atoms with Crippen LogP contribution in [0.15, 0.2) is 66.5 Å². The largest absolute Gasteiger partial charge is 0.457 e. The van der Waals surface area contributed by atoms with Crippen LogP contribution in [-0.2, 0) is 9.53 Å². The van der Waals surface area contributed by atoms with Gasteiger partial charge in [-0.1, -0.05) is 38.1 Å². The van der Waals surface area contributed by atoms with Crippen LogP contribution in [-0.4, -0.2) is 81.4 Å². The standard InChI is InChI=1S/C34H37FN8O3/c1-34(2,21-41-13-15-45-16-14-41)18-23(19-36)33(44)42-12-6-7-24(20-42)43-32-29(31(37)38-22-39-32)30(40-43)27-11-10-26(17-28(27)35)46-25-8-4-3-5-9-25/h3-5,8-11,17-18,22,24H,6-7,12-16,20-21H2,1-2H3,(H2,37,38,39)/t24-/m0/s1. The third-order valence-electron chi connectivity index (χ3n) is 8.34. The number of aromatic nitrogens is 4. The molecule has 1 atom stereocenters. The number of likely N-dealkylation sites (tertiary alicyclic amines) is 1. The number of ether oxygens (including phenoxy) is 2. The van der Waals surface area contributed by atoms with E-state index >= 15 is 4.39 Å². The molecule has 4 heterocycles. The number of hydrogen-bond donors (Lipinski definition) is 1. The number of nitrogens with two attached hydrogens (primary N) is 1. The number of rotatable bonds is 8. The minimum Gasteiger partial charge on any atom is -0.457 e. The van der Waals surface area contributed by atoms with Gasteiger partial charge in [-0.25, -0.2) is 19.0 Å². The molecule has 0 bridgehead atoms. The number of nitrogens with zero attached hydrogens (tertiary/aromatic N) is 7. The van der Waals surface area contributed by atoms with Crippen LogP contribution < -0.4 is 10.5 Å². The maximum Gasteiger partial charge on any atom is 0.264 e. The fourth-order valence-electron chi connectivity index (χ4n) is 6.24. The smallest absolute Gasteiger partial charge is 0.264 e. The first-order valence-electron chi connectivity index (χ1n) is 15.5. The molecule has 2 aromatic carbocycles. The Kier molecular flexibility index (Phi) is 8.96. The van der Waals surface area contributed by atoms with Crippen LogP contribution in [0.2, 0.25) is 0 Å². The fourth-order valence-corrected chi connectivity index (χ4v) is 6.24. The van der Waals surface area contributed by atoms with E-state index in [4.69, 9.17) is 20.3 Å². The van der Waals surface area contributed by atoms with Crippen molar-refractivity contribution in [2.45, 2.75) is 32.7 Å². The quantitative estimate of drug-likeness (QED) is 0.213. The lowest BCUT2D eigenvalue weighted by Gasteiger charge is -2.34. The van der Waals surface area contributed by atoms with Crippen molar-refractivity contribution in [1.29, 1.82) is 5.26 Å². The van der Waals surface area contributed by atoms with Crippen molar-refractivity contribution in [3.8, 4) is 28.8 Å². The minimum atomic E-state index is -0.535. The molecule has 2 aromatic heterocycles. The first kappa shape index (κ1) is 31.1. The number of carbonyl (C=O) groups is 1. The normalized spacial score (nSPS) is 18.0. The third kappa shape index (κ3) is 6.71. The van der Waals surface area contributed by atoms with Gasteiger partial charge in [0.05, 0.1) is 24.6 Å². The molecule has 2 aliphatic heterocycles. The van der Waals surface area contributed by atoms with E-state index in [0.29, 0.717) is 67.4 Å². The van der Waals surface area contributed by atoms with E-state index in [-0.39, 0.29) is 34.3 Å². The molecule has 2 N–H and O–H groups in total. The van der Waals surface area contributed by atoms with Gasteiger partial charge in [0.2, 0.25) is 0 Å². The Balaban J connectivity index is 1.26. The van der Waals surface area contributed by atoms with Gasteiger partial charge >= 0.3 is 0 Å². The number of halogens is 1. The van der Waals surface area contributed by atoms with Gasteiger partial charge in [-0.3, -0.25) is 9.69 Å². The number of carbonyl (C=O) groups excluding carboxylic acids is 1. The molecule has 0 radical (unpaired) electrons. The third-order valence-corrected chi connectivity index (χ3v) is 8.34. The van der Waals surface area contributed by atoms with Crippen molar-refractivity contribution in [1.82, 2.24) is 29.5 Å². The molecule has 2 aliphatic rings. The molecular formula is C34H37FN8O3. The van der Waals surface area contributed by atoms with Crippen LogP contribution >= 0.6 is 0 Å². The number of nitrogen functional groups attached to an aromatic ring is 1. The van der Waals surface area contributed by atoms with Gasteiger partial charge in [-0.05, 0) is 42.5 Å². The second-order valence-electron chi connectivity index (χ2n) is 12.4. The van der Waals surface area contributed by atoms with Crippen LogP contribution in [0.25, 0.3) is 22.3 Å². The van der Waals surface area contributed by atoms with Crippen molar-refractivity contribution in [3.63, 3.8) is 0 Å². The highest BCUT2D eigenvalue weighted by Gasteiger charge is 2.32. The highest BCUT2D eigenvalue weighted by molar-refractivity contribution is 5.99. The van der Waals surface area contributed by atoms with Gasteiger partial charge in [-0.15, -0.1) is 0 Å². The van der Waals surface area contributed by atoms with E-state index in [1.807, 2.05) is 32.0 Å². The summed E-state index contributed by atoms with van der Waals surface area (Å²) in [7, 11) is 0. The zero-order chi connectivity index (χ0) is 32.3. The maximum atomic E-state index is 15.6. The van der Waals surface area contributed by atoms with E-state index in [1.54, 1.807) is 39.9 Å². The average molecular weight is 625 g/mol. The maximum absolute atomic E-state index is 15.6. The van der Waals surface area contributed by atoms with E-state index in [1.165, 1.54) is 12.4 Å². The van der Waals surface area contributed by atoms with Crippen LogP contribution in [0.1, 0.15) is 32.7 Å². The minimum absolute atomic E-state index is 0.122. The Morgan fingerprint density at radius 3 is 2.67 bits per heavy atom. The summed E-state index contributed by atoms with van der Waals surface area (Å²) in [5, 5.41) is 15.3. The molecule has 0 aliphatic carbocycles. The highest BCUT2D eigenvalue weighted by Crippen LogP contribution is 2.36. The van der Waals surface area contributed by atoms with Gasteiger partial charge in [0.25, 0.3) is 5.91 Å². The molecule has 1 amide bonds. The molecule has 11 nitrogen and oxygen atoms in total. The summed E-state index contributed by atoms with van der Waals surface area (Å²) in [6.45, 7) is 8.62. The van der Waals surface area contributed by atoms with Crippen LogP contribution in [0.4, 0.5) is 10.2 Å². The predicted molar refractivity (Wildman–Crippen MR) is 171 cm³/mol. The van der Waals surface area contributed by atoms with E-state index in [2.05, 4.69) is 20.9 Å². The summed E-state index contributed by atoms with van der Waals surface area (Å²) in [4.78, 5) is 26.3. The second kappa shape index (κ2) is 13.2. The fraction of sp³-hybridized carbons (Fsp3) is 0.382. The number of benzene rings is 2. The molecule has 0 saturated carbocycles. The van der Waals surface area contributed by atoms with Crippen LogP contribution in [0.5, 0.6) is 11.5 Å². The van der Waals surface area contributed by atoms with Gasteiger partial charge in [0, 0.05) is 44.4 Å². The number of amides is 1. The molecule has 6 rings (SSSR count). The summed E-state index contributed by atoms with van der Waals surface area (Å²) < 4.78 is 28.6. The van der Waals surface area contributed by atoms with Crippen molar-refractivity contribution in [2.75, 3.05) is 51.7 Å². The summed E-state index contributed by atoms with van der Waals surface area (Å²) in [6, 6.07) is 15.6. The first-order chi connectivity index (χ1) is 22.2. The number of para-hydroxylation sites is 1. The lowest BCUT2D eigenvalue weighted by Crippen LogP contribution is -2.43. The Hall–Kier alpha value is -4.86. The summed E-state index contributed by atoms with van der Waals surface area (Å²) in [5.41, 5.74) is 7.03. The summed E-state index contributed by atoms with van der Waals surface area (Å²) in [5.74, 6) is 0.265. The number of piperidine rings is 1. The molecule has 0 unspecified atom stereocenters.